The number of ether oxygens (including phenoxy) is 1. The molecule has 0 aromatic rings. The number of esters is 1. The van der Waals surface area contributed by atoms with Crippen LogP contribution in [0.15, 0.2) is 0 Å². The van der Waals surface area contributed by atoms with Gasteiger partial charge in [0, 0.05) is 6.54 Å². The van der Waals surface area contributed by atoms with Gasteiger partial charge in [-0.3, -0.25) is 4.79 Å². The number of hydrogen-bond donors (Lipinski definition) is 1. The standard InChI is InChI=1S/C14H27NO2/c1-5-15-9-12(4)14(16)17-13-7-6-10(2)11(3)8-13/h10-13,15H,5-9H2,1-4H3. The summed E-state index contributed by atoms with van der Waals surface area (Å²) in [7, 11) is 0. The minimum Gasteiger partial charge on any atom is -0.462 e. The smallest absolute Gasteiger partial charge is 0.310 e. The van der Waals surface area contributed by atoms with Crippen LogP contribution in [0.4, 0.5) is 0 Å². The molecular weight excluding hydrogens is 214 g/mol. The van der Waals surface area contributed by atoms with E-state index in [9.17, 15) is 4.79 Å². The van der Waals surface area contributed by atoms with Gasteiger partial charge >= 0.3 is 5.97 Å². The first-order valence-electron chi connectivity index (χ1n) is 6.95. The van der Waals surface area contributed by atoms with Crippen molar-refractivity contribution in [2.75, 3.05) is 13.1 Å². The Morgan fingerprint density at radius 1 is 1.35 bits per heavy atom. The van der Waals surface area contributed by atoms with E-state index in [-0.39, 0.29) is 18.0 Å². The molecule has 0 radical (unpaired) electrons. The second-order valence-corrected chi connectivity index (χ2v) is 5.54. The predicted molar refractivity (Wildman–Crippen MR) is 69.8 cm³/mol. The lowest BCUT2D eigenvalue weighted by molar-refractivity contribution is -0.156. The maximum atomic E-state index is 11.8. The monoisotopic (exact) mass is 241 g/mol. The van der Waals surface area contributed by atoms with Gasteiger partial charge in [0.1, 0.15) is 6.10 Å². The Bertz CT molecular complexity index is 242. The Hall–Kier alpha value is -0.570. The normalized spacial score (nSPS) is 30.9. The van der Waals surface area contributed by atoms with Gasteiger partial charge in [0.2, 0.25) is 0 Å². The largest absolute Gasteiger partial charge is 0.462 e. The average molecular weight is 241 g/mol. The van der Waals surface area contributed by atoms with Crippen LogP contribution in [0.1, 0.15) is 47.0 Å². The third kappa shape index (κ3) is 4.66. The highest BCUT2D eigenvalue weighted by Gasteiger charge is 2.28. The van der Waals surface area contributed by atoms with E-state index < -0.39 is 0 Å². The zero-order chi connectivity index (χ0) is 12.8. The Kier molecular flexibility index (Phi) is 5.96. The zero-order valence-corrected chi connectivity index (χ0v) is 11.7. The highest BCUT2D eigenvalue weighted by Crippen LogP contribution is 2.31. The molecule has 0 amide bonds. The molecule has 1 saturated carbocycles. The summed E-state index contributed by atoms with van der Waals surface area (Å²) < 4.78 is 5.59. The SMILES string of the molecule is CCNCC(C)C(=O)OC1CCC(C)C(C)C1. The molecule has 17 heavy (non-hydrogen) atoms. The zero-order valence-electron chi connectivity index (χ0n) is 11.7. The molecule has 0 bridgehead atoms. The summed E-state index contributed by atoms with van der Waals surface area (Å²) >= 11 is 0. The van der Waals surface area contributed by atoms with E-state index in [1.165, 1.54) is 6.42 Å². The van der Waals surface area contributed by atoms with Crippen LogP contribution in [-0.2, 0) is 9.53 Å². The molecule has 0 saturated heterocycles. The number of carbonyl (C=O) groups excluding carboxylic acids is 1. The van der Waals surface area contributed by atoms with Crippen molar-refractivity contribution in [3.05, 3.63) is 0 Å². The lowest BCUT2D eigenvalue weighted by atomic mass is 9.80. The molecule has 1 aliphatic rings. The molecule has 0 aliphatic heterocycles. The Balaban J connectivity index is 2.31. The van der Waals surface area contributed by atoms with Crippen LogP contribution in [0.2, 0.25) is 0 Å². The summed E-state index contributed by atoms with van der Waals surface area (Å²) in [6.07, 6.45) is 3.39. The molecule has 0 aromatic heterocycles. The summed E-state index contributed by atoms with van der Waals surface area (Å²) in [4.78, 5) is 11.8. The molecule has 1 aliphatic carbocycles. The fourth-order valence-electron chi connectivity index (χ4n) is 2.33. The van der Waals surface area contributed by atoms with Crippen molar-refractivity contribution >= 4 is 5.97 Å². The van der Waals surface area contributed by atoms with Gasteiger partial charge in [-0.15, -0.1) is 0 Å². The van der Waals surface area contributed by atoms with Gasteiger partial charge in [0.25, 0.3) is 0 Å². The summed E-state index contributed by atoms with van der Waals surface area (Å²) in [6.45, 7) is 10.1. The molecule has 1 rings (SSSR count). The van der Waals surface area contributed by atoms with Gasteiger partial charge in [-0.2, -0.15) is 0 Å². The van der Waals surface area contributed by atoms with Crippen molar-refractivity contribution in [3.63, 3.8) is 0 Å². The van der Waals surface area contributed by atoms with Gasteiger partial charge in [-0.1, -0.05) is 27.7 Å². The first-order valence-corrected chi connectivity index (χ1v) is 6.95. The molecule has 3 heteroatoms. The molecule has 1 fully saturated rings. The third-order valence-corrected chi connectivity index (χ3v) is 3.94. The first-order chi connectivity index (χ1) is 8.04. The minimum atomic E-state index is -0.0438. The van der Waals surface area contributed by atoms with Gasteiger partial charge in [-0.25, -0.2) is 0 Å². The number of rotatable bonds is 5. The number of nitrogens with one attached hydrogen (secondary N) is 1. The van der Waals surface area contributed by atoms with Crippen molar-refractivity contribution in [2.24, 2.45) is 17.8 Å². The fraction of sp³-hybridized carbons (Fsp3) is 0.929. The molecule has 0 aromatic carbocycles. The summed E-state index contributed by atoms with van der Waals surface area (Å²) in [5, 5.41) is 3.18. The molecule has 100 valence electrons. The first kappa shape index (κ1) is 14.5. The van der Waals surface area contributed by atoms with E-state index in [4.69, 9.17) is 4.74 Å². The van der Waals surface area contributed by atoms with Gasteiger partial charge in [-0.05, 0) is 37.6 Å². The fourth-order valence-corrected chi connectivity index (χ4v) is 2.33. The maximum Gasteiger partial charge on any atom is 0.310 e. The van der Waals surface area contributed by atoms with E-state index in [2.05, 4.69) is 19.2 Å². The Morgan fingerprint density at radius 3 is 2.65 bits per heavy atom. The lowest BCUT2D eigenvalue weighted by Crippen LogP contribution is -2.33. The van der Waals surface area contributed by atoms with Crippen molar-refractivity contribution in [1.29, 1.82) is 0 Å². The van der Waals surface area contributed by atoms with Crippen molar-refractivity contribution in [2.45, 2.75) is 53.1 Å². The van der Waals surface area contributed by atoms with E-state index in [1.807, 2.05) is 13.8 Å². The third-order valence-electron chi connectivity index (χ3n) is 3.94. The molecule has 0 heterocycles. The topological polar surface area (TPSA) is 38.3 Å². The van der Waals surface area contributed by atoms with Crippen molar-refractivity contribution in [1.82, 2.24) is 5.32 Å². The van der Waals surface area contributed by atoms with Crippen LogP contribution >= 0.6 is 0 Å². The highest BCUT2D eigenvalue weighted by atomic mass is 16.5. The second-order valence-electron chi connectivity index (χ2n) is 5.54. The molecule has 0 spiro atoms. The van der Waals surface area contributed by atoms with E-state index in [0.29, 0.717) is 12.5 Å². The summed E-state index contributed by atoms with van der Waals surface area (Å²) in [5.74, 6) is 1.36. The molecule has 4 unspecified atom stereocenters. The van der Waals surface area contributed by atoms with Gasteiger partial charge in [0.05, 0.1) is 5.92 Å². The predicted octanol–water partition coefficient (Wildman–Crippen LogP) is 2.60. The second kappa shape index (κ2) is 7.00. The van der Waals surface area contributed by atoms with Crippen LogP contribution in [-0.4, -0.2) is 25.2 Å². The van der Waals surface area contributed by atoms with Crippen LogP contribution in [0.3, 0.4) is 0 Å². The van der Waals surface area contributed by atoms with E-state index in [1.54, 1.807) is 0 Å². The number of carbonyl (C=O) groups is 1. The van der Waals surface area contributed by atoms with Crippen LogP contribution in [0.25, 0.3) is 0 Å². The van der Waals surface area contributed by atoms with Gasteiger partial charge in [0.15, 0.2) is 0 Å². The molecule has 1 N–H and O–H groups in total. The summed E-state index contributed by atoms with van der Waals surface area (Å²) in [5.41, 5.74) is 0. The molecule has 4 atom stereocenters. The van der Waals surface area contributed by atoms with Gasteiger partial charge < -0.3 is 10.1 Å². The van der Waals surface area contributed by atoms with Crippen LogP contribution < -0.4 is 5.32 Å². The van der Waals surface area contributed by atoms with E-state index in [0.717, 1.165) is 25.3 Å². The van der Waals surface area contributed by atoms with Crippen LogP contribution in [0.5, 0.6) is 0 Å². The quantitative estimate of drug-likeness (QED) is 0.752. The number of hydrogen-bond acceptors (Lipinski definition) is 3. The highest BCUT2D eigenvalue weighted by molar-refractivity contribution is 5.72. The summed E-state index contributed by atoms with van der Waals surface area (Å²) in [6, 6.07) is 0. The van der Waals surface area contributed by atoms with Crippen LogP contribution in [0, 0.1) is 17.8 Å². The maximum absolute atomic E-state index is 11.8. The lowest BCUT2D eigenvalue weighted by Gasteiger charge is -2.32. The van der Waals surface area contributed by atoms with Crippen molar-refractivity contribution in [3.8, 4) is 0 Å². The van der Waals surface area contributed by atoms with E-state index >= 15 is 0 Å². The van der Waals surface area contributed by atoms with Crippen molar-refractivity contribution < 1.29 is 9.53 Å². The molecule has 3 nitrogen and oxygen atoms in total. The average Bonchev–Trinajstić information content (AvgIpc) is 2.30. The Labute approximate surface area is 105 Å². The molecular formula is C14H27NO2. The minimum absolute atomic E-state index is 0.0374. The Morgan fingerprint density at radius 2 is 2.06 bits per heavy atom.